The maximum absolute atomic E-state index is 5.82. The Bertz CT molecular complexity index is 1090. The average molecular weight is 493 g/mol. The Morgan fingerprint density at radius 2 is 1.81 bits per heavy atom. The van der Waals surface area contributed by atoms with Gasteiger partial charge in [-0.05, 0) is 54.8 Å². The van der Waals surface area contributed by atoms with Crippen LogP contribution in [0.25, 0.3) is 22.1 Å². The van der Waals surface area contributed by atoms with Gasteiger partial charge in [0.2, 0.25) is 0 Å². The zero-order valence-electron chi connectivity index (χ0n) is 17.6. The lowest BCUT2D eigenvalue weighted by Gasteiger charge is -2.34. The van der Waals surface area contributed by atoms with Crippen LogP contribution in [0.3, 0.4) is 0 Å². The minimum absolute atomic E-state index is 0. The molecule has 2 atom stereocenters. The number of hydrogen-bond donors (Lipinski definition) is 2. The standard InChI is InChI=1S/C25H25N3O.3ClH/c1-2-6-18(7-3-1)24-23(9-5-12-27-24)28-17-22-15-21(20-8-4-11-26-16-20)14-19-10-13-29-25(19)22;;;/h1-4,6-8,10-11,13-16,23-24,27-28H,5,9,12,17H2;3*1H/t23-,24-;;;/m0.../s1. The van der Waals surface area contributed by atoms with E-state index in [1.807, 2.05) is 24.5 Å². The van der Waals surface area contributed by atoms with Crippen LogP contribution in [0.4, 0.5) is 0 Å². The summed E-state index contributed by atoms with van der Waals surface area (Å²) in [6.07, 6.45) is 7.84. The van der Waals surface area contributed by atoms with E-state index in [4.69, 9.17) is 4.42 Å². The van der Waals surface area contributed by atoms with E-state index in [1.54, 1.807) is 6.26 Å². The third-order valence-corrected chi connectivity index (χ3v) is 5.79. The molecule has 0 bridgehead atoms. The normalized spacial score (nSPS) is 17.6. The summed E-state index contributed by atoms with van der Waals surface area (Å²) in [5.41, 5.74) is 5.79. The lowest BCUT2D eigenvalue weighted by Crippen LogP contribution is -2.45. The maximum atomic E-state index is 5.82. The van der Waals surface area contributed by atoms with E-state index in [2.05, 4.69) is 64.1 Å². The van der Waals surface area contributed by atoms with Crippen molar-refractivity contribution in [3.05, 3.63) is 90.4 Å². The Kier molecular flexibility index (Phi) is 10.0. The maximum Gasteiger partial charge on any atom is 0.138 e. The van der Waals surface area contributed by atoms with Crippen molar-refractivity contribution in [2.45, 2.75) is 31.5 Å². The molecule has 0 radical (unpaired) electrons. The number of piperidine rings is 1. The van der Waals surface area contributed by atoms with Crippen molar-refractivity contribution in [3.63, 3.8) is 0 Å². The summed E-state index contributed by atoms with van der Waals surface area (Å²) in [5.74, 6) is 0. The second kappa shape index (κ2) is 12.2. The summed E-state index contributed by atoms with van der Waals surface area (Å²) in [6, 6.07) is 22.0. The highest BCUT2D eigenvalue weighted by atomic mass is 35.5. The number of fused-ring (bicyclic) bond motifs is 1. The number of rotatable bonds is 5. The van der Waals surface area contributed by atoms with E-state index < -0.39 is 0 Å². The molecule has 1 saturated heterocycles. The molecule has 4 aromatic rings. The Balaban J connectivity index is 0.00000121. The molecule has 2 aromatic heterocycles. The molecule has 0 saturated carbocycles. The van der Waals surface area contributed by atoms with Crippen molar-refractivity contribution >= 4 is 48.2 Å². The molecule has 3 heterocycles. The third kappa shape index (κ3) is 5.64. The van der Waals surface area contributed by atoms with Crippen LogP contribution in [-0.2, 0) is 6.54 Å². The number of halogens is 3. The minimum atomic E-state index is 0. The number of furan rings is 1. The first-order chi connectivity index (χ1) is 14.4. The fourth-order valence-corrected chi connectivity index (χ4v) is 4.35. The van der Waals surface area contributed by atoms with Gasteiger partial charge >= 0.3 is 0 Å². The Morgan fingerprint density at radius 1 is 0.969 bits per heavy atom. The van der Waals surface area contributed by atoms with E-state index in [1.165, 1.54) is 23.1 Å². The minimum Gasteiger partial charge on any atom is -0.464 e. The van der Waals surface area contributed by atoms with Gasteiger partial charge in [0.05, 0.1) is 6.26 Å². The predicted molar refractivity (Wildman–Crippen MR) is 138 cm³/mol. The second-order valence-electron chi connectivity index (χ2n) is 7.69. The Labute approximate surface area is 207 Å². The van der Waals surface area contributed by atoms with Gasteiger partial charge < -0.3 is 15.1 Å². The van der Waals surface area contributed by atoms with Gasteiger partial charge in [-0.3, -0.25) is 4.98 Å². The van der Waals surface area contributed by atoms with Gasteiger partial charge in [-0.1, -0.05) is 36.4 Å². The van der Waals surface area contributed by atoms with Crippen LogP contribution in [0.1, 0.15) is 30.0 Å². The van der Waals surface area contributed by atoms with Crippen molar-refractivity contribution < 1.29 is 4.42 Å². The van der Waals surface area contributed by atoms with E-state index in [9.17, 15) is 0 Å². The fourth-order valence-electron chi connectivity index (χ4n) is 4.35. The highest BCUT2D eigenvalue weighted by Gasteiger charge is 2.25. The van der Waals surface area contributed by atoms with E-state index >= 15 is 0 Å². The van der Waals surface area contributed by atoms with Gasteiger partial charge in [0.25, 0.3) is 0 Å². The van der Waals surface area contributed by atoms with Crippen LogP contribution in [0.15, 0.2) is 83.7 Å². The summed E-state index contributed by atoms with van der Waals surface area (Å²) < 4.78 is 5.82. The number of nitrogens with one attached hydrogen (secondary N) is 2. The quantitative estimate of drug-likeness (QED) is 0.341. The van der Waals surface area contributed by atoms with Crippen molar-refractivity contribution in [3.8, 4) is 11.1 Å². The number of pyridine rings is 1. The molecule has 2 N–H and O–H groups in total. The molecule has 1 aliphatic rings. The van der Waals surface area contributed by atoms with E-state index in [0.717, 1.165) is 36.0 Å². The number of aromatic nitrogens is 1. The molecule has 0 spiro atoms. The molecular formula is C25H28Cl3N3O. The molecular weight excluding hydrogens is 465 g/mol. The molecule has 0 amide bonds. The summed E-state index contributed by atoms with van der Waals surface area (Å²) in [5, 5.41) is 8.64. The van der Waals surface area contributed by atoms with Crippen molar-refractivity contribution in [2.75, 3.05) is 6.54 Å². The highest BCUT2D eigenvalue weighted by molar-refractivity contribution is 5.86. The summed E-state index contributed by atoms with van der Waals surface area (Å²) in [6.45, 7) is 1.84. The first-order valence-corrected chi connectivity index (χ1v) is 10.3. The number of benzene rings is 2. The van der Waals surface area contributed by atoms with Gasteiger partial charge in [-0.2, -0.15) is 0 Å². The largest absolute Gasteiger partial charge is 0.464 e. The van der Waals surface area contributed by atoms with Gasteiger partial charge in [0.1, 0.15) is 5.58 Å². The van der Waals surface area contributed by atoms with Crippen LogP contribution < -0.4 is 10.6 Å². The molecule has 32 heavy (non-hydrogen) atoms. The van der Waals surface area contributed by atoms with E-state index in [-0.39, 0.29) is 37.2 Å². The molecule has 4 nitrogen and oxygen atoms in total. The van der Waals surface area contributed by atoms with Crippen molar-refractivity contribution in [1.29, 1.82) is 0 Å². The lowest BCUT2D eigenvalue weighted by atomic mass is 9.92. The fraction of sp³-hybridized carbons (Fsp3) is 0.240. The highest BCUT2D eigenvalue weighted by Crippen LogP contribution is 2.29. The van der Waals surface area contributed by atoms with E-state index in [0.29, 0.717) is 12.1 Å². The molecule has 2 aromatic carbocycles. The smallest absolute Gasteiger partial charge is 0.138 e. The average Bonchev–Trinajstić information content (AvgIpc) is 3.28. The third-order valence-electron chi connectivity index (χ3n) is 5.79. The first-order valence-electron chi connectivity index (χ1n) is 10.3. The van der Waals surface area contributed by atoms with Crippen LogP contribution in [0, 0.1) is 0 Å². The van der Waals surface area contributed by atoms with Crippen LogP contribution >= 0.6 is 37.2 Å². The van der Waals surface area contributed by atoms with Crippen molar-refractivity contribution in [2.24, 2.45) is 0 Å². The molecule has 0 unspecified atom stereocenters. The predicted octanol–water partition coefficient (Wildman–Crippen LogP) is 6.34. The second-order valence-corrected chi connectivity index (χ2v) is 7.69. The summed E-state index contributed by atoms with van der Waals surface area (Å²) >= 11 is 0. The zero-order valence-corrected chi connectivity index (χ0v) is 20.0. The SMILES string of the molecule is Cl.Cl.Cl.c1ccc([C@@H]2NCCC[C@@H]2NCc2cc(-c3cccnc3)cc3ccoc23)cc1. The molecule has 1 fully saturated rings. The van der Waals surface area contributed by atoms with Gasteiger partial charge in [0, 0.05) is 47.5 Å². The molecule has 7 heteroatoms. The van der Waals surface area contributed by atoms with Gasteiger partial charge in [-0.25, -0.2) is 0 Å². The molecule has 170 valence electrons. The van der Waals surface area contributed by atoms with Gasteiger partial charge in [0.15, 0.2) is 0 Å². The van der Waals surface area contributed by atoms with Gasteiger partial charge in [-0.15, -0.1) is 37.2 Å². The van der Waals surface area contributed by atoms with Crippen LogP contribution in [0.5, 0.6) is 0 Å². The topological polar surface area (TPSA) is 50.1 Å². The number of hydrogen-bond acceptors (Lipinski definition) is 4. The lowest BCUT2D eigenvalue weighted by molar-refractivity contribution is 0.304. The van der Waals surface area contributed by atoms with Crippen molar-refractivity contribution in [1.82, 2.24) is 15.6 Å². The van der Waals surface area contributed by atoms with Crippen LogP contribution in [-0.4, -0.2) is 17.6 Å². The zero-order chi connectivity index (χ0) is 19.5. The monoisotopic (exact) mass is 491 g/mol. The molecule has 5 rings (SSSR count). The Morgan fingerprint density at radius 3 is 2.59 bits per heavy atom. The summed E-state index contributed by atoms with van der Waals surface area (Å²) in [7, 11) is 0. The summed E-state index contributed by atoms with van der Waals surface area (Å²) in [4.78, 5) is 4.27. The van der Waals surface area contributed by atoms with Crippen LogP contribution in [0.2, 0.25) is 0 Å². The first kappa shape index (κ1) is 26.2. The Hall–Kier alpha value is -2.08. The molecule has 0 aliphatic carbocycles. The number of nitrogens with zero attached hydrogens (tertiary/aromatic N) is 1. The molecule has 1 aliphatic heterocycles.